The van der Waals surface area contributed by atoms with E-state index in [-0.39, 0.29) is 12.8 Å². The molecule has 6 heteroatoms. The molecule has 2 heterocycles. The minimum absolute atomic E-state index is 0.0487. The summed E-state index contributed by atoms with van der Waals surface area (Å²) in [5.41, 5.74) is 7.72. The molecule has 0 spiro atoms. The van der Waals surface area contributed by atoms with Crippen molar-refractivity contribution in [2.24, 2.45) is 5.73 Å². The van der Waals surface area contributed by atoms with Gasteiger partial charge in [-0.25, -0.2) is 4.98 Å². The Morgan fingerprint density at radius 1 is 1.44 bits per heavy atom. The molecule has 4 nitrogen and oxygen atoms in total. The lowest BCUT2D eigenvalue weighted by Gasteiger charge is -2.03. The topological polar surface area (TPSA) is 57.4 Å². The predicted molar refractivity (Wildman–Crippen MR) is 74.0 cm³/mol. The van der Waals surface area contributed by atoms with Gasteiger partial charge in [0.05, 0.1) is 10.2 Å². The lowest BCUT2D eigenvalue weighted by Crippen LogP contribution is -2.04. The summed E-state index contributed by atoms with van der Waals surface area (Å²) in [6.45, 7) is 2.19. The molecule has 1 aliphatic rings. The quantitative estimate of drug-likeness (QED) is 0.919. The van der Waals surface area contributed by atoms with Gasteiger partial charge in [-0.3, -0.25) is 0 Å². The Bertz CT molecular complexity index is 598. The van der Waals surface area contributed by atoms with E-state index in [1.807, 2.05) is 24.4 Å². The fraction of sp³-hybridized carbons (Fsp3) is 0.250. The molecule has 94 valence electrons. The molecule has 18 heavy (non-hydrogen) atoms. The first-order chi connectivity index (χ1) is 8.65. The summed E-state index contributed by atoms with van der Waals surface area (Å²) >= 11 is 5.06. The second-order valence-corrected chi connectivity index (χ2v) is 5.77. The third kappa shape index (κ3) is 2.00. The second-order valence-electron chi connectivity index (χ2n) is 4.06. The third-order valence-corrected chi connectivity index (χ3v) is 4.16. The second kappa shape index (κ2) is 4.53. The van der Waals surface area contributed by atoms with E-state index in [0.29, 0.717) is 0 Å². The van der Waals surface area contributed by atoms with Crippen LogP contribution in [-0.4, -0.2) is 11.8 Å². The van der Waals surface area contributed by atoms with Crippen LogP contribution in [0.15, 0.2) is 22.0 Å². The number of aromatic nitrogens is 1. The molecule has 3 rings (SSSR count). The Morgan fingerprint density at radius 2 is 2.28 bits per heavy atom. The van der Waals surface area contributed by atoms with E-state index >= 15 is 0 Å². The standard InChI is InChI=1S/C12H11BrN2O2S/c1-6(14)9-4-18-12(15-9)7-2-8(13)11-10(3-7)16-5-17-11/h2-4,6H,5,14H2,1H3. The molecule has 0 fully saturated rings. The number of nitrogens with two attached hydrogens (primary N) is 1. The molecule has 1 atom stereocenters. The maximum atomic E-state index is 5.82. The summed E-state index contributed by atoms with van der Waals surface area (Å²) in [6.07, 6.45) is 0. The lowest BCUT2D eigenvalue weighted by atomic mass is 10.2. The molecule has 1 unspecified atom stereocenters. The van der Waals surface area contributed by atoms with Crippen LogP contribution in [0, 0.1) is 0 Å². The van der Waals surface area contributed by atoms with Crippen LogP contribution in [0.2, 0.25) is 0 Å². The van der Waals surface area contributed by atoms with Crippen molar-refractivity contribution in [2.75, 3.05) is 6.79 Å². The van der Waals surface area contributed by atoms with Crippen LogP contribution in [0.5, 0.6) is 11.5 Å². The van der Waals surface area contributed by atoms with Gasteiger partial charge in [0.1, 0.15) is 5.01 Å². The van der Waals surface area contributed by atoms with Crippen LogP contribution in [0.1, 0.15) is 18.7 Å². The van der Waals surface area contributed by atoms with Crippen LogP contribution in [0.25, 0.3) is 10.6 Å². The van der Waals surface area contributed by atoms with Crippen molar-refractivity contribution in [1.29, 1.82) is 0 Å². The minimum Gasteiger partial charge on any atom is -0.454 e. The van der Waals surface area contributed by atoms with E-state index < -0.39 is 0 Å². The molecule has 2 aromatic rings. The van der Waals surface area contributed by atoms with Crippen molar-refractivity contribution >= 4 is 27.3 Å². The van der Waals surface area contributed by atoms with Gasteiger partial charge in [-0.15, -0.1) is 11.3 Å². The Labute approximate surface area is 117 Å². The third-order valence-electron chi connectivity index (χ3n) is 2.66. The molecule has 1 aromatic carbocycles. The van der Waals surface area contributed by atoms with Crippen LogP contribution < -0.4 is 15.2 Å². The van der Waals surface area contributed by atoms with Crippen molar-refractivity contribution in [1.82, 2.24) is 4.98 Å². The average molecular weight is 327 g/mol. The lowest BCUT2D eigenvalue weighted by molar-refractivity contribution is 0.173. The number of hydrogen-bond donors (Lipinski definition) is 1. The molecule has 0 aliphatic carbocycles. The van der Waals surface area contributed by atoms with Gasteiger partial charge in [-0.1, -0.05) is 0 Å². The highest BCUT2D eigenvalue weighted by Crippen LogP contribution is 2.43. The smallest absolute Gasteiger partial charge is 0.231 e. The number of fused-ring (bicyclic) bond motifs is 1. The molecule has 0 saturated heterocycles. The van der Waals surface area contributed by atoms with Crippen LogP contribution >= 0.6 is 27.3 Å². The first-order valence-electron chi connectivity index (χ1n) is 5.45. The summed E-state index contributed by atoms with van der Waals surface area (Å²) in [5.74, 6) is 1.50. The van der Waals surface area contributed by atoms with Gasteiger partial charge in [0, 0.05) is 17.0 Å². The monoisotopic (exact) mass is 326 g/mol. The summed E-state index contributed by atoms with van der Waals surface area (Å²) in [7, 11) is 0. The highest BCUT2D eigenvalue weighted by atomic mass is 79.9. The molecular weight excluding hydrogens is 316 g/mol. The maximum Gasteiger partial charge on any atom is 0.231 e. The SMILES string of the molecule is CC(N)c1csc(-c2cc(Br)c3c(c2)OCO3)n1. The largest absolute Gasteiger partial charge is 0.454 e. The predicted octanol–water partition coefficient (Wildman–Crippen LogP) is 3.32. The zero-order chi connectivity index (χ0) is 12.7. The maximum absolute atomic E-state index is 5.82. The highest BCUT2D eigenvalue weighted by molar-refractivity contribution is 9.10. The van der Waals surface area contributed by atoms with Crippen molar-refractivity contribution in [2.45, 2.75) is 13.0 Å². The van der Waals surface area contributed by atoms with E-state index in [9.17, 15) is 0 Å². The van der Waals surface area contributed by atoms with Crippen molar-refractivity contribution in [3.05, 3.63) is 27.7 Å². The summed E-state index contributed by atoms with van der Waals surface area (Å²) in [5, 5.41) is 2.92. The molecule has 2 N–H and O–H groups in total. The van der Waals surface area contributed by atoms with Gasteiger partial charge in [0.25, 0.3) is 0 Å². The summed E-state index contributed by atoms with van der Waals surface area (Å²) in [4.78, 5) is 4.52. The van der Waals surface area contributed by atoms with Gasteiger partial charge in [-0.2, -0.15) is 0 Å². The summed E-state index contributed by atoms with van der Waals surface area (Å²) in [6, 6.07) is 3.88. The molecule has 1 aliphatic heterocycles. The molecular formula is C12H11BrN2O2S. The van der Waals surface area contributed by atoms with Gasteiger partial charge < -0.3 is 15.2 Å². The Kier molecular flexibility index (Phi) is 3.01. The number of ether oxygens (including phenoxy) is 2. The normalized spacial score (nSPS) is 14.8. The van der Waals surface area contributed by atoms with E-state index in [4.69, 9.17) is 15.2 Å². The fourth-order valence-corrected chi connectivity index (χ4v) is 3.19. The molecule has 1 aromatic heterocycles. The molecule has 0 amide bonds. The fourth-order valence-electron chi connectivity index (χ4n) is 1.72. The number of hydrogen-bond acceptors (Lipinski definition) is 5. The molecule has 0 bridgehead atoms. The van der Waals surface area contributed by atoms with Crippen molar-refractivity contribution < 1.29 is 9.47 Å². The van der Waals surface area contributed by atoms with Gasteiger partial charge in [0.15, 0.2) is 11.5 Å². The van der Waals surface area contributed by atoms with E-state index in [2.05, 4.69) is 20.9 Å². The molecule has 0 saturated carbocycles. The molecule has 0 radical (unpaired) electrons. The van der Waals surface area contributed by atoms with Gasteiger partial charge in [0.2, 0.25) is 6.79 Å². The van der Waals surface area contributed by atoms with Crippen LogP contribution in [0.3, 0.4) is 0 Å². The Balaban J connectivity index is 2.03. The number of nitrogens with zero attached hydrogens (tertiary/aromatic N) is 1. The van der Waals surface area contributed by atoms with E-state index in [1.54, 1.807) is 11.3 Å². The van der Waals surface area contributed by atoms with Gasteiger partial charge in [-0.05, 0) is 35.0 Å². The number of benzene rings is 1. The Morgan fingerprint density at radius 3 is 3.00 bits per heavy atom. The first-order valence-corrected chi connectivity index (χ1v) is 7.13. The highest BCUT2D eigenvalue weighted by Gasteiger charge is 2.19. The summed E-state index contributed by atoms with van der Waals surface area (Å²) < 4.78 is 11.6. The average Bonchev–Trinajstić information content (AvgIpc) is 2.97. The van der Waals surface area contributed by atoms with Gasteiger partial charge >= 0.3 is 0 Å². The van der Waals surface area contributed by atoms with Crippen LogP contribution in [-0.2, 0) is 0 Å². The van der Waals surface area contributed by atoms with E-state index in [0.717, 1.165) is 32.2 Å². The first kappa shape index (κ1) is 12.0. The van der Waals surface area contributed by atoms with Crippen LogP contribution in [0.4, 0.5) is 0 Å². The van der Waals surface area contributed by atoms with Crippen molar-refractivity contribution in [3.8, 4) is 22.1 Å². The van der Waals surface area contributed by atoms with Crippen molar-refractivity contribution in [3.63, 3.8) is 0 Å². The number of halogens is 1. The zero-order valence-corrected chi connectivity index (χ0v) is 12.0. The number of rotatable bonds is 2. The number of thiazole rings is 1. The van der Waals surface area contributed by atoms with E-state index in [1.165, 1.54) is 0 Å². The zero-order valence-electron chi connectivity index (χ0n) is 9.64. The Hall–Kier alpha value is -1.11. The minimum atomic E-state index is -0.0487.